The molecule has 0 aliphatic carbocycles. The molecular weight excluding hydrogens is 361 g/mol. The average molecular weight is 381 g/mol. The number of anilines is 1. The van der Waals surface area contributed by atoms with E-state index >= 15 is 0 Å². The minimum atomic E-state index is -4.32. The Bertz CT molecular complexity index is 462. The lowest BCUT2D eigenvalue weighted by Gasteiger charge is -2.36. The van der Waals surface area contributed by atoms with Crippen molar-refractivity contribution in [2.24, 2.45) is 0 Å². The average Bonchev–Trinajstić information content (AvgIpc) is 2.51. The van der Waals surface area contributed by atoms with E-state index in [4.69, 9.17) is 4.74 Å². The molecule has 0 radical (unpaired) electrons. The first-order chi connectivity index (χ1) is 10.5. The Hall–Kier alpha value is -0.950. The van der Waals surface area contributed by atoms with Crippen molar-refractivity contribution in [1.29, 1.82) is 0 Å². The second kappa shape index (κ2) is 8.06. The van der Waals surface area contributed by atoms with Crippen LogP contribution in [0.3, 0.4) is 0 Å². The first-order valence-electron chi connectivity index (χ1n) is 7.31. The molecule has 0 spiro atoms. The fraction of sp³-hybridized carbons (Fsp3) is 0.600. The van der Waals surface area contributed by atoms with E-state index in [1.807, 2.05) is 12.1 Å². The van der Waals surface area contributed by atoms with Gasteiger partial charge in [-0.1, -0.05) is 28.1 Å². The van der Waals surface area contributed by atoms with Crippen LogP contribution in [0.4, 0.5) is 18.9 Å². The van der Waals surface area contributed by atoms with Gasteiger partial charge in [-0.25, -0.2) is 0 Å². The molecule has 0 N–H and O–H groups in total. The zero-order valence-electron chi connectivity index (χ0n) is 12.3. The van der Waals surface area contributed by atoms with Crippen LogP contribution in [0.15, 0.2) is 24.3 Å². The van der Waals surface area contributed by atoms with E-state index in [0.717, 1.165) is 50.2 Å². The molecule has 3 nitrogen and oxygen atoms in total. The number of halogens is 4. The maximum atomic E-state index is 12.3. The van der Waals surface area contributed by atoms with Gasteiger partial charge in [0, 0.05) is 31.5 Å². The Morgan fingerprint density at radius 3 is 2.41 bits per heavy atom. The van der Waals surface area contributed by atoms with Crippen LogP contribution in [0.5, 0.6) is 5.75 Å². The molecule has 0 saturated carbocycles. The molecule has 2 rings (SSSR count). The normalized spacial score (nSPS) is 16.8. The fourth-order valence-corrected chi connectivity index (χ4v) is 2.75. The van der Waals surface area contributed by atoms with E-state index in [-0.39, 0.29) is 0 Å². The molecule has 1 heterocycles. The highest BCUT2D eigenvalue weighted by Crippen LogP contribution is 2.30. The van der Waals surface area contributed by atoms with Gasteiger partial charge in [0.05, 0.1) is 5.69 Å². The molecule has 0 amide bonds. The second-order valence-electron chi connectivity index (χ2n) is 5.24. The van der Waals surface area contributed by atoms with Crippen molar-refractivity contribution < 1.29 is 17.9 Å². The van der Waals surface area contributed by atoms with Gasteiger partial charge in [-0.05, 0) is 25.1 Å². The molecule has 1 saturated heterocycles. The summed E-state index contributed by atoms with van der Waals surface area (Å²) in [5.41, 5.74) is 0.742. The zero-order chi connectivity index (χ0) is 16.0. The van der Waals surface area contributed by atoms with E-state index in [2.05, 4.69) is 25.7 Å². The predicted molar refractivity (Wildman–Crippen MR) is 85.1 cm³/mol. The number of rotatable bonds is 6. The van der Waals surface area contributed by atoms with Gasteiger partial charge in [0.25, 0.3) is 0 Å². The maximum Gasteiger partial charge on any atom is 0.422 e. The van der Waals surface area contributed by atoms with Crippen LogP contribution >= 0.6 is 15.9 Å². The summed E-state index contributed by atoms with van der Waals surface area (Å²) < 4.78 is 42.0. The Kier molecular flexibility index (Phi) is 6.37. The lowest BCUT2D eigenvalue weighted by molar-refractivity contribution is -0.153. The molecule has 1 aromatic carbocycles. The lowest BCUT2D eigenvalue weighted by atomic mass is 10.2. The minimum absolute atomic E-state index is 0.300. The summed E-state index contributed by atoms with van der Waals surface area (Å²) in [4.78, 5) is 4.47. The van der Waals surface area contributed by atoms with Crippen molar-refractivity contribution in [1.82, 2.24) is 4.90 Å². The SMILES string of the molecule is FC(F)(F)COc1ccccc1N1CCN(CCCBr)CC1. The molecule has 1 aliphatic heterocycles. The van der Waals surface area contributed by atoms with E-state index in [0.29, 0.717) is 5.75 Å². The van der Waals surface area contributed by atoms with E-state index in [1.54, 1.807) is 12.1 Å². The van der Waals surface area contributed by atoms with Crippen LogP contribution < -0.4 is 9.64 Å². The van der Waals surface area contributed by atoms with Gasteiger partial charge < -0.3 is 9.64 Å². The zero-order valence-corrected chi connectivity index (χ0v) is 13.9. The quantitative estimate of drug-likeness (QED) is 0.702. The van der Waals surface area contributed by atoms with Crippen molar-refractivity contribution >= 4 is 21.6 Å². The third-order valence-electron chi connectivity index (χ3n) is 3.58. The van der Waals surface area contributed by atoms with Crippen LogP contribution in [0, 0.1) is 0 Å². The highest BCUT2D eigenvalue weighted by atomic mass is 79.9. The van der Waals surface area contributed by atoms with Gasteiger partial charge in [-0.15, -0.1) is 0 Å². The maximum absolute atomic E-state index is 12.3. The third kappa shape index (κ3) is 5.35. The van der Waals surface area contributed by atoms with Gasteiger partial charge in [-0.2, -0.15) is 13.2 Å². The summed E-state index contributed by atoms with van der Waals surface area (Å²) in [6, 6.07) is 6.94. The molecular formula is C15H20BrF3N2O. The number of benzene rings is 1. The van der Waals surface area contributed by atoms with Gasteiger partial charge in [0.1, 0.15) is 5.75 Å². The summed E-state index contributed by atoms with van der Waals surface area (Å²) in [7, 11) is 0. The molecule has 1 aliphatic rings. The number of hydrogen-bond acceptors (Lipinski definition) is 3. The molecule has 7 heteroatoms. The van der Waals surface area contributed by atoms with Crippen molar-refractivity contribution in [2.45, 2.75) is 12.6 Å². The highest BCUT2D eigenvalue weighted by molar-refractivity contribution is 9.09. The van der Waals surface area contributed by atoms with Crippen LogP contribution in [-0.4, -0.2) is 55.7 Å². The van der Waals surface area contributed by atoms with Crippen molar-refractivity contribution in [2.75, 3.05) is 49.6 Å². The van der Waals surface area contributed by atoms with Crippen molar-refractivity contribution in [3.63, 3.8) is 0 Å². The summed E-state index contributed by atoms with van der Waals surface area (Å²) >= 11 is 3.42. The summed E-state index contributed by atoms with van der Waals surface area (Å²) in [6.45, 7) is 3.23. The summed E-state index contributed by atoms with van der Waals surface area (Å²) in [5, 5.41) is 0.987. The molecule has 124 valence electrons. The molecule has 1 fully saturated rings. The van der Waals surface area contributed by atoms with Gasteiger partial charge >= 0.3 is 6.18 Å². The van der Waals surface area contributed by atoms with Crippen LogP contribution in [0.2, 0.25) is 0 Å². The van der Waals surface area contributed by atoms with Gasteiger partial charge in [0.15, 0.2) is 6.61 Å². The van der Waals surface area contributed by atoms with Crippen molar-refractivity contribution in [3.8, 4) is 5.75 Å². The first-order valence-corrected chi connectivity index (χ1v) is 8.43. The van der Waals surface area contributed by atoms with E-state index < -0.39 is 12.8 Å². The number of nitrogens with zero attached hydrogens (tertiary/aromatic N) is 2. The Morgan fingerprint density at radius 2 is 1.77 bits per heavy atom. The molecule has 1 aromatic rings. The molecule has 0 unspecified atom stereocenters. The number of piperazine rings is 1. The van der Waals surface area contributed by atoms with Crippen molar-refractivity contribution in [3.05, 3.63) is 24.3 Å². The Balaban J connectivity index is 1.95. The minimum Gasteiger partial charge on any atom is -0.482 e. The Morgan fingerprint density at radius 1 is 1.09 bits per heavy atom. The topological polar surface area (TPSA) is 15.7 Å². The lowest BCUT2D eigenvalue weighted by Crippen LogP contribution is -2.46. The van der Waals surface area contributed by atoms with E-state index in [9.17, 15) is 13.2 Å². The number of para-hydroxylation sites is 2. The Labute approximate surface area is 137 Å². The predicted octanol–water partition coefficient (Wildman–Crippen LogP) is 3.53. The monoisotopic (exact) mass is 380 g/mol. The van der Waals surface area contributed by atoms with Crippen LogP contribution in [-0.2, 0) is 0 Å². The fourth-order valence-electron chi connectivity index (χ4n) is 2.50. The van der Waals surface area contributed by atoms with Gasteiger partial charge in [0.2, 0.25) is 0 Å². The molecule has 0 aromatic heterocycles. The smallest absolute Gasteiger partial charge is 0.422 e. The third-order valence-corrected chi connectivity index (χ3v) is 4.14. The standard InChI is InChI=1S/C15H20BrF3N2O/c16-6-3-7-20-8-10-21(11-9-20)13-4-1-2-5-14(13)22-12-15(17,18)19/h1-2,4-5H,3,6-12H2. The summed E-state index contributed by atoms with van der Waals surface area (Å²) in [5.74, 6) is 0.300. The molecule has 22 heavy (non-hydrogen) atoms. The largest absolute Gasteiger partial charge is 0.482 e. The summed E-state index contributed by atoms with van der Waals surface area (Å²) in [6.07, 6.45) is -3.22. The van der Waals surface area contributed by atoms with E-state index in [1.165, 1.54) is 0 Å². The molecule has 0 bridgehead atoms. The highest BCUT2D eigenvalue weighted by Gasteiger charge is 2.29. The number of ether oxygens (including phenoxy) is 1. The van der Waals surface area contributed by atoms with Crippen LogP contribution in [0.1, 0.15) is 6.42 Å². The molecule has 0 atom stereocenters. The second-order valence-corrected chi connectivity index (χ2v) is 6.04. The van der Waals surface area contributed by atoms with Gasteiger partial charge in [-0.3, -0.25) is 4.90 Å². The van der Waals surface area contributed by atoms with Crippen LogP contribution in [0.25, 0.3) is 0 Å². The number of alkyl halides is 4. The first kappa shape index (κ1) is 17.4. The number of hydrogen-bond donors (Lipinski definition) is 0.